The maximum absolute atomic E-state index is 12.7. The van der Waals surface area contributed by atoms with Crippen LogP contribution in [0.25, 0.3) is 0 Å². The molecule has 0 radical (unpaired) electrons. The molecule has 2 N–H and O–H groups in total. The quantitative estimate of drug-likeness (QED) is 0.794. The highest BCUT2D eigenvalue weighted by atomic mass is 19.4. The standard InChI is InChI=1S/C19H21F3N4O3/c1-29-14-4-2-3-13(9-14)18(28)26-7-5-12(6-8-26)15-10-16(25-24-15)17(27)23-11-19(20,21)22/h2-4,9-10,12H,5-8,11H2,1H3,(H,23,27)(H,24,25). The Hall–Kier alpha value is -3.04. The number of alkyl halides is 3. The molecular weight excluding hydrogens is 389 g/mol. The van der Waals surface area contributed by atoms with E-state index in [1.54, 1.807) is 34.5 Å². The van der Waals surface area contributed by atoms with Crippen molar-refractivity contribution in [2.24, 2.45) is 0 Å². The van der Waals surface area contributed by atoms with Gasteiger partial charge in [-0.3, -0.25) is 14.7 Å². The Balaban J connectivity index is 1.56. The predicted octanol–water partition coefficient (Wildman–Crippen LogP) is 2.73. The minimum absolute atomic E-state index is 0.0426. The molecule has 3 rings (SSSR count). The number of H-pyrrole nitrogens is 1. The molecular formula is C19H21F3N4O3. The minimum atomic E-state index is -4.48. The number of hydrogen-bond donors (Lipinski definition) is 2. The normalized spacial score (nSPS) is 15.2. The molecule has 0 unspecified atom stereocenters. The number of aromatic nitrogens is 2. The summed E-state index contributed by atoms with van der Waals surface area (Å²) in [7, 11) is 1.54. The second kappa shape index (κ2) is 8.54. The van der Waals surface area contributed by atoms with E-state index in [4.69, 9.17) is 4.74 Å². The Bertz CT molecular complexity index is 874. The van der Waals surface area contributed by atoms with Crippen LogP contribution in [-0.2, 0) is 0 Å². The SMILES string of the molecule is COc1cccc(C(=O)N2CCC(c3cc(C(=O)NCC(F)(F)F)n[nH]3)CC2)c1. The lowest BCUT2D eigenvalue weighted by Gasteiger charge is -2.31. The van der Waals surface area contributed by atoms with E-state index in [0.717, 1.165) is 0 Å². The molecule has 0 atom stereocenters. The fourth-order valence-corrected chi connectivity index (χ4v) is 3.27. The molecule has 7 nitrogen and oxygen atoms in total. The van der Waals surface area contributed by atoms with Crippen LogP contribution in [0.3, 0.4) is 0 Å². The molecule has 1 aliphatic rings. The van der Waals surface area contributed by atoms with Gasteiger partial charge in [-0.15, -0.1) is 0 Å². The van der Waals surface area contributed by atoms with E-state index < -0.39 is 18.6 Å². The third-order valence-electron chi connectivity index (χ3n) is 4.82. The van der Waals surface area contributed by atoms with E-state index >= 15 is 0 Å². The zero-order chi connectivity index (χ0) is 21.0. The monoisotopic (exact) mass is 410 g/mol. The van der Waals surface area contributed by atoms with Gasteiger partial charge in [0.2, 0.25) is 0 Å². The molecule has 10 heteroatoms. The number of methoxy groups -OCH3 is 1. The van der Waals surface area contributed by atoms with E-state index in [0.29, 0.717) is 42.9 Å². The molecule has 1 aromatic carbocycles. The van der Waals surface area contributed by atoms with Crippen molar-refractivity contribution in [1.29, 1.82) is 0 Å². The number of ether oxygens (including phenoxy) is 1. The molecule has 1 saturated heterocycles. The smallest absolute Gasteiger partial charge is 0.405 e. The summed E-state index contributed by atoms with van der Waals surface area (Å²) in [5, 5.41) is 8.34. The third-order valence-corrected chi connectivity index (χ3v) is 4.82. The maximum Gasteiger partial charge on any atom is 0.405 e. The van der Waals surface area contributed by atoms with Crippen molar-refractivity contribution in [3.63, 3.8) is 0 Å². The van der Waals surface area contributed by atoms with Crippen molar-refractivity contribution in [3.8, 4) is 5.75 Å². The van der Waals surface area contributed by atoms with Gasteiger partial charge in [-0.25, -0.2) is 0 Å². The first kappa shape index (κ1) is 20.7. The van der Waals surface area contributed by atoms with Crippen LogP contribution in [0.2, 0.25) is 0 Å². The van der Waals surface area contributed by atoms with Crippen molar-refractivity contribution in [2.45, 2.75) is 24.9 Å². The molecule has 1 fully saturated rings. The summed E-state index contributed by atoms with van der Waals surface area (Å²) in [5.74, 6) is -0.310. The van der Waals surface area contributed by atoms with Gasteiger partial charge in [0, 0.05) is 30.3 Å². The molecule has 156 valence electrons. The van der Waals surface area contributed by atoms with Crippen molar-refractivity contribution in [2.75, 3.05) is 26.7 Å². The Morgan fingerprint density at radius 3 is 2.66 bits per heavy atom. The number of likely N-dealkylation sites (tertiary alicyclic amines) is 1. The van der Waals surface area contributed by atoms with Gasteiger partial charge in [-0.2, -0.15) is 18.3 Å². The number of halogens is 3. The summed E-state index contributed by atoms with van der Waals surface area (Å²) in [4.78, 5) is 26.2. The van der Waals surface area contributed by atoms with E-state index in [-0.39, 0.29) is 17.5 Å². The molecule has 0 aliphatic carbocycles. The molecule has 1 aliphatic heterocycles. The molecule has 29 heavy (non-hydrogen) atoms. The van der Waals surface area contributed by atoms with E-state index in [1.807, 2.05) is 0 Å². The molecule has 2 aromatic rings. The highest BCUT2D eigenvalue weighted by molar-refractivity contribution is 5.94. The average Bonchev–Trinajstić information content (AvgIpc) is 3.21. The van der Waals surface area contributed by atoms with Gasteiger partial charge in [0.15, 0.2) is 0 Å². The van der Waals surface area contributed by atoms with E-state index in [2.05, 4.69) is 10.2 Å². The van der Waals surface area contributed by atoms with Crippen molar-refractivity contribution < 1.29 is 27.5 Å². The summed E-state index contributed by atoms with van der Waals surface area (Å²) in [6.07, 6.45) is -3.17. The Kier molecular flexibility index (Phi) is 6.09. The lowest BCUT2D eigenvalue weighted by atomic mass is 9.93. The fourth-order valence-electron chi connectivity index (χ4n) is 3.27. The zero-order valence-corrected chi connectivity index (χ0v) is 15.8. The molecule has 0 bridgehead atoms. The van der Waals surface area contributed by atoms with Crippen LogP contribution >= 0.6 is 0 Å². The molecule has 0 saturated carbocycles. The molecule has 1 aromatic heterocycles. The summed E-state index contributed by atoms with van der Waals surface area (Å²) >= 11 is 0. The van der Waals surface area contributed by atoms with Gasteiger partial charge in [-0.05, 0) is 37.1 Å². The Morgan fingerprint density at radius 2 is 2.00 bits per heavy atom. The highest BCUT2D eigenvalue weighted by Crippen LogP contribution is 2.28. The first-order chi connectivity index (χ1) is 13.8. The fraction of sp³-hybridized carbons (Fsp3) is 0.421. The first-order valence-electron chi connectivity index (χ1n) is 9.10. The van der Waals surface area contributed by atoms with Crippen LogP contribution < -0.4 is 10.1 Å². The number of benzene rings is 1. The molecule has 2 amide bonds. The number of aromatic amines is 1. The van der Waals surface area contributed by atoms with E-state index in [9.17, 15) is 22.8 Å². The Morgan fingerprint density at radius 1 is 1.28 bits per heavy atom. The number of piperidine rings is 1. The molecule has 2 heterocycles. The second-order valence-corrected chi connectivity index (χ2v) is 6.80. The van der Waals surface area contributed by atoms with Gasteiger partial charge in [-0.1, -0.05) is 6.07 Å². The van der Waals surface area contributed by atoms with Crippen LogP contribution in [-0.4, -0.2) is 59.8 Å². The first-order valence-corrected chi connectivity index (χ1v) is 9.10. The van der Waals surface area contributed by atoms with Crippen molar-refractivity contribution in [3.05, 3.63) is 47.3 Å². The average molecular weight is 410 g/mol. The largest absolute Gasteiger partial charge is 0.497 e. The van der Waals surface area contributed by atoms with Gasteiger partial charge < -0.3 is 15.0 Å². The summed E-state index contributed by atoms with van der Waals surface area (Å²) in [6.45, 7) is -0.358. The molecule has 0 spiro atoms. The van der Waals surface area contributed by atoms with E-state index in [1.165, 1.54) is 13.2 Å². The van der Waals surface area contributed by atoms with Gasteiger partial charge in [0.05, 0.1) is 7.11 Å². The zero-order valence-electron chi connectivity index (χ0n) is 15.8. The number of nitrogens with one attached hydrogen (secondary N) is 2. The van der Waals surface area contributed by atoms with Crippen LogP contribution in [0.1, 0.15) is 45.3 Å². The summed E-state index contributed by atoms with van der Waals surface area (Å²) in [5.41, 5.74) is 1.14. The third kappa shape index (κ3) is 5.27. The Labute approximate surface area is 165 Å². The number of hydrogen-bond acceptors (Lipinski definition) is 4. The van der Waals surface area contributed by atoms with Gasteiger partial charge >= 0.3 is 6.18 Å². The maximum atomic E-state index is 12.7. The van der Waals surface area contributed by atoms with Gasteiger partial charge in [0.25, 0.3) is 11.8 Å². The number of nitrogens with zero attached hydrogens (tertiary/aromatic N) is 2. The van der Waals surface area contributed by atoms with Crippen molar-refractivity contribution in [1.82, 2.24) is 20.4 Å². The number of carbonyl (C=O) groups excluding carboxylic acids is 2. The van der Waals surface area contributed by atoms with Crippen LogP contribution in [0, 0.1) is 0 Å². The highest BCUT2D eigenvalue weighted by Gasteiger charge is 2.29. The van der Waals surface area contributed by atoms with Crippen LogP contribution in [0.4, 0.5) is 13.2 Å². The lowest BCUT2D eigenvalue weighted by molar-refractivity contribution is -0.123. The number of rotatable bonds is 5. The minimum Gasteiger partial charge on any atom is -0.497 e. The summed E-state index contributed by atoms with van der Waals surface area (Å²) < 4.78 is 41.8. The second-order valence-electron chi connectivity index (χ2n) is 6.80. The summed E-state index contributed by atoms with van der Waals surface area (Å²) in [6, 6.07) is 8.42. The predicted molar refractivity (Wildman–Crippen MR) is 97.8 cm³/mol. The van der Waals surface area contributed by atoms with Crippen LogP contribution in [0.15, 0.2) is 30.3 Å². The number of amides is 2. The number of carbonyl (C=O) groups is 2. The van der Waals surface area contributed by atoms with Crippen molar-refractivity contribution >= 4 is 11.8 Å². The lowest BCUT2D eigenvalue weighted by Crippen LogP contribution is -2.38. The topological polar surface area (TPSA) is 87.3 Å². The van der Waals surface area contributed by atoms with Gasteiger partial charge in [0.1, 0.15) is 18.0 Å². The van der Waals surface area contributed by atoms with Crippen LogP contribution in [0.5, 0.6) is 5.75 Å².